The molecule has 6 nitrogen and oxygen atoms in total. The summed E-state index contributed by atoms with van der Waals surface area (Å²) in [5, 5.41) is 23.2. The van der Waals surface area contributed by atoms with E-state index in [1.54, 1.807) is 6.08 Å². The molecule has 0 heterocycles. The molecule has 2 unspecified atom stereocenters. The zero-order chi connectivity index (χ0) is 50.7. The summed E-state index contributed by atoms with van der Waals surface area (Å²) in [4.78, 5) is 24.5. The standard InChI is InChI=1S/C64H123NO5/c1-3-5-7-9-11-13-15-17-18-19-20-21-22-23-24-26-29-33-36-40-44-48-52-56-62(67)61(60-66)65-63(68)57-53-49-45-41-37-34-30-27-25-28-31-35-39-43-47-51-55-59-70-64(69)58-54-50-46-42-38-32-16-14-12-10-8-6-4-2/h25,28,52,56,61-62,66-67H,3-24,26-27,29-51,53-55,57-60H2,1-2H3,(H,65,68)/b28-25-,56-52+. The summed E-state index contributed by atoms with van der Waals surface area (Å²) in [6.45, 7) is 4.91. The minimum atomic E-state index is -0.853. The summed E-state index contributed by atoms with van der Waals surface area (Å²) in [7, 11) is 0. The minimum absolute atomic E-state index is 0.000584. The number of hydrogen-bond donors (Lipinski definition) is 3. The molecule has 2 atom stereocenters. The lowest BCUT2D eigenvalue weighted by atomic mass is 10.0. The number of carbonyl (C=O) groups is 2. The fraction of sp³-hybridized carbons (Fsp3) is 0.906. The number of amides is 1. The number of carbonyl (C=O) groups excluding carboxylic acids is 2. The van der Waals surface area contributed by atoms with Crippen LogP contribution in [0.2, 0.25) is 0 Å². The Morgan fingerprint density at radius 1 is 0.386 bits per heavy atom. The van der Waals surface area contributed by atoms with E-state index >= 15 is 0 Å². The van der Waals surface area contributed by atoms with E-state index in [4.69, 9.17) is 4.74 Å². The highest BCUT2D eigenvalue weighted by molar-refractivity contribution is 5.76. The molecule has 0 radical (unpaired) electrons. The number of hydrogen-bond acceptors (Lipinski definition) is 5. The number of rotatable bonds is 59. The van der Waals surface area contributed by atoms with E-state index < -0.39 is 12.1 Å². The van der Waals surface area contributed by atoms with E-state index in [9.17, 15) is 19.8 Å². The van der Waals surface area contributed by atoms with Gasteiger partial charge in [0, 0.05) is 12.8 Å². The molecular formula is C64H123NO5. The Kier molecular flexibility index (Phi) is 58.5. The molecule has 0 bridgehead atoms. The number of ether oxygens (including phenoxy) is 1. The molecule has 0 rings (SSSR count). The van der Waals surface area contributed by atoms with Crippen LogP contribution in [0.5, 0.6) is 0 Å². The molecule has 414 valence electrons. The Balaban J connectivity index is 3.48. The van der Waals surface area contributed by atoms with E-state index in [1.807, 2.05) is 6.08 Å². The highest BCUT2D eigenvalue weighted by atomic mass is 16.5. The van der Waals surface area contributed by atoms with Crippen molar-refractivity contribution in [1.82, 2.24) is 5.32 Å². The second-order valence-corrected chi connectivity index (χ2v) is 21.7. The summed E-state index contributed by atoms with van der Waals surface area (Å²) in [6.07, 6.45) is 73.6. The lowest BCUT2D eigenvalue weighted by Crippen LogP contribution is -2.45. The van der Waals surface area contributed by atoms with Crippen LogP contribution in [0.4, 0.5) is 0 Å². The normalized spacial score (nSPS) is 12.7. The van der Waals surface area contributed by atoms with Gasteiger partial charge in [0.2, 0.25) is 5.91 Å². The maximum Gasteiger partial charge on any atom is 0.305 e. The number of aliphatic hydroxyl groups excluding tert-OH is 2. The zero-order valence-corrected chi connectivity index (χ0v) is 47.3. The summed E-state index contributed by atoms with van der Waals surface area (Å²) >= 11 is 0. The first-order valence-corrected chi connectivity index (χ1v) is 31.6. The average Bonchev–Trinajstić information content (AvgIpc) is 3.36. The van der Waals surface area contributed by atoms with Crippen LogP contribution >= 0.6 is 0 Å². The van der Waals surface area contributed by atoms with Crippen LogP contribution in [0.1, 0.15) is 348 Å². The van der Waals surface area contributed by atoms with E-state index in [-0.39, 0.29) is 18.5 Å². The lowest BCUT2D eigenvalue weighted by molar-refractivity contribution is -0.143. The molecule has 3 N–H and O–H groups in total. The Morgan fingerprint density at radius 3 is 1.01 bits per heavy atom. The van der Waals surface area contributed by atoms with E-state index in [2.05, 4.69) is 31.3 Å². The molecule has 0 aliphatic rings. The summed E-state index contributed by atoms with van der Waals surface area (Å²) in [6, 6.07) is -0.638. The van der Waals surface area contributed by atoms with Gasteiger partial charge in [-0.3, -0.25) is 9.59 Å². The second-order valence-electron chi connectivity index (χ2n) is 21.7. The Hall–Kier alpha value is -1.66. The number of nitrogens with one attached hydrogen (secondary N) is 1. The maximum atomic E-state index is 12.5. The van der Waals surface area contributed by atoms with Gasteiger partial charge in [-0.2, -0.15) is 0 Å². The van der Waals surface area contributed by atoms with Crippen molar-refractivity contribution in [3.63, 3.8) is 0 Å². The highest BCUT2D eigenvalue weighted by Crippen LogP contribution is 2.18. The Morgan fingerprint density at radius 2 is 0.671 bits per heavy atom. The van der Waals surface area contributed by atoms with Crippen molar-refractivity contribution in [2.75, 3.05) is 13.2 Å². The number of unbranched alkanes of at least 4 members (excludes halogenated alkanes) is 46. The van der Waals surface area contributed by atoms with Crippen molar-refractivity contribution in [2.45, 2.75) is 360 Å². The van der Waals surface area contributed by atoms with Gasteiger partial charge in [0.1, 0.15) is 0 Å². The fourth-order valence-electron chi connectivity index (χ4n) is 9.87. The molecule has 1 amide bonds. The van der Waals surface area contributed by atoms with Crippen LogP contribution < -0.4 is 5.32 Å². The van der Waals surface area contributed by atoms with Crippen molar-refractivity contribution >= 4 is 11.9 Å². The molecule has 0 spiro atoms. The monoisotopic (exact) mass is 986 g/mol. The largest absolute Gasteiger partial charge is 0.466 e. The third kappa shape index (κ3) is 55.7. The maximum absolute atomic E-state index is 12.5. The third-order valence-corrected chi connectivity index (χ3v) is 14.7. The smallest absolute Gasteiger partial charge is 0.305 e. The first-order valence-electron chi connectivity index (χ1n) is 31.6. The molecule has 0 aromatic carbocycles. The van der Waals surface area contributed by atoms with Gasteiger partial charge in [0.15, 0.2) is 0 Å². The van der Waals surface area contributed by atoms with Crippen molar-refractivity contribution in [1.29, 1.82) is 0 Å². The molecule has 0 saturated carbocycles. The van der Waals surface area contributed by atoms with Gasteiger partial charge in [0.05, 0.1) is 25.4 Å². The molecule has 0 saturated heterocycles. The van der Waals surface area contributed by atoms with Gasteiger partial charge in [-0.25, -0.2) is 0 Å². The SMILES string of the molecule is CCCCCCCCCCCCCCCCCCCCCCC/C=C/C(O)C(CO)NC(=O)CCCCCCCCC/C=C\CCCCCCCCOC(=O)CCCCCCCCCCCCCCC. The molecule has 0 aromatic rings. The van der Waals surface area contributed by atoms with Crippen LogP contribution in [0.15, 0.2) is 24.3 Å². The Labute approximate surface area is 437 Å². The van der Waals surface area contributed by atoms with Crippen molar-refractivity contribution in [3.8, 4) is 0 Å². The van der Waals surface area contributed by atoms with Crippen molar-refractivity contribution in [2.24, 2.45) is 0 Å². The predicted octanol–water partition coefficient (Wildman–Crippen LogP) is 19.8. The van der Waals surface area contributed by atoms with Gasteiger partial charge in [-0.15, -0.1) is 0 Å². The van der Waals surface area contributed by atoms with E-state index in [1.165, 1.54) is 263 Å². The van der Waals surface area contributed by atoms with E-state index in [0.29, 0.717) is 19.4 Å². The molecule has 0 fully saturated rings. The average molecular weight is 987 g/mol. The minimum Gasteiger partial charge on any atom is -0.466 e. The second kappa shape index (κ2) is 59.9. The molecule has 70 heavy (non-hydrogen) atoms. The third-order valence-electron chi connectivity index (χ3n) is 14.7. The molecule has 6 heteroatoms. The van der Waals surface area contributed by atoms with Gasteiger partial charge in [-0.1, -0.05) is 301 Å². The highest BCUT2D eigenvalue weighted by Gasteiger charge is 2.18. The van der Waals surface area contributed by atoms with Crippen molar-refractivity contribution < 1.29 is 24.5 Å². The topological polar surface area (TPSA) is 95.9 Å². The summed E-state index contributed by atoms with van der Waals surface area (Å²) in [5.41, 5.74) is 0. The van der Waals surface area contributed by atoms with Crippen LogP contribution in [-0.4, -0.2) is 47.4 Å². The van der Waals surface area contributed by atoms with Crippen LogP contribution in [0.25, 0.3) is 0 Å². The van der Waals surface area contributed by atoms with E-state index in [0.717, 1.165) is 57.8 Å². The number of esters is 1. The fourth-order valence-corrected chi connectivity index (χ4v) is 9.87. The number of aliphatic hydroxyl groups is 2. The van der Waals surface area contributed by atoms with Crippen LogP contribution in [0.3, 0.4) is 0 Å². The van der Waals surface area contributed by atoms with Crippen LogP contribution in [0, 0.1) is 0 Å². The van der Waals surface area contributed by atoms with Gasteiger partial charge in [-0.05, 0) is 57.8 Å². The zero-order valence-electron chi connectivity index (χ0n) is 47.3. The van der Waals surface area contributed by atoms with Crippen molar-refractivity contribution in [3.05, 3.63) is 24.3 Å². The molecular weight excluding hydrogens is 863 g/mol. The Bertz CT molecular complexity index is 1090. The number of allylic oxidation sites excluding steroid dienone is 3. The first kappa shape index (κ1) is 68.3. The van der Waals surface area contributed by atoms with Gasteiger partial charge < -0.3 is 20.3 Å². The quantitative estimate of drug-likeness (QED) is 0.0321. The molecule has 0 aromatic heterocycles. The van der Waals surface area contributed by atoms with Gasteiger partial charge in [0.25, 0.3) is 0 Å². The van der Waals surface area contributed by atoms with Crippen LogP contribution in [-0.2, 0) is 14.3 Å². The van der Waals surface area contributed by atoms with Gasteiger partial charge >= 0.3 is 5.97 Å². The first-order chi connectivity index (χ1) is 34.5. The summed E-state index contributed by atoms with van der Waals surface area (Å²) in [5.74, 6) is -0.0771. The summed E-state index contributed by atoms with van der Waals surface area (Å²) < 4.78 is 5.47. The molecule has 0 aliphatic heterocycles. The predicted molar refractivity (Wildman–Crippen MR) is 306 cm³/mol. The lowest BCUT2D eigenvalue weighted by Gasteiger charge is -2.20. The molecule has 0 aliphatic carbocycles.